The van der Waals surface area contributed by atoms with Gasteiger partial charge in [-0.15, -0.1) is 0 Å². The molecule has 5 rings (SSSR count). The Morgan fingerprint density at radius 1 is 1.00 bits per heavy atom. The summed E-state index contributed by atoms with van der Waals surface area (Å²) in [5.41, 5.74) is 2.96. The maximum absolute atomic E-state index is 13.0. The molecule has 0 atom stereocenters. The number of benzene rings is 1. The van der Waals surface area contributed by atoms with E-state index >= 15 is 0 Å². The lowest BCUT2D eigenvalue weighted by Crippen LogP contribution is -2.44. The fraction of sp³-hybridized carbons (Fsp3) is 0.462. The lowest BCUT2D eigenvalue weighted by atomic mass is 9.90. The number of aryl methyl sites for hydroxylation is 1. The van der Waals surface area contributed by atoms with Crippen LogP contribution in [0.3, 0.4) is 0 Å². The van der Waals surface area contributed by atoms with Crippen molar-refractivity contribution in [3.63, 3.8) is 0 Å². The zero-order valence-corrected chi connectivity index (χ0v) is 19.2. The van der Waals surface area contributed by atoms with Gasteiger partial charge in [-0.25, -0.2) is 4.98 Å². The van der Waals surface area contributed by atoms with Gasteiger partial charge in [0, 0.05) is 55.3 Å². The Labute approximate surface area is 194 Å². The highest BCUT2D eigenvalue weighted by molar-refractivity contribution is 5.88. The van der Waals surface area contributed by atoms with Gasteiger partial charge in [-0.2, -0.15) is 0 Å². The molecule has 172 valence electrons. The molecule has 3 aromatic rings. The number of pyridine rings is 1. The van der Waals surface area contributed by atoms with Gasteiger partial charge in [-0.3, -0.25) is 19.5 Å². The second-order valence-electron chi connectivity index (χ2n) is 9.41. The fourth-order valence-corrected chi connectivity index (χ4v) is 5.08. The summed E-state index contributed by atoms with van der Waals surface area (Å²) in [6, 6.07) is 8.30. The summed E-state index contributed by atoms with van der Waals surface area (Å²) < 4.78 is 2.00. The van der Waals surface area contributed by atoms with E-state index < -0.39 is 0 Å². The van der Waals surface area contributed by atoms with Crippen LogP contribution in [0.1, 0.15) is 31.4 Å². The van der Waals surface area contributed by atoms with E-state index in [-0.39, 0.29) is 17.6 Å². The molecule has 0 spiro atoms. The molecule has 2 aromatic heterocycles. The zero-order chi connectivity index (χ0) is 22.8. The predicted octanol–water partition coefficient (Wildman–Crippen LogP) is 3.08. The highest BCUT2D eigenvalue weighted by Crippen LogP contribution is 2.25. The molecule has 7 heteroatoms. The first kappa shape index (κ1) is 21.8. The smallest absolute Gasteiger partial charge is 0.236 e. The average Bonchev–Trinajstić information content (AvgIpc) is 3.50. The lowest BCUT2D eigenvalue weighted by Gasteiger charge is -2.32. The van der Waals surface area contributed by atoms with Crippen LogP contribution in [0.25, 0.3) is 22.0 Å². The summed E-state index contributed by atoms with van der Waals surface area (Å²) in [7, 11) is 1.98. The SMILES string of the molecule is Cn1cncc1-c1ccc2cnc(CC(=O)C3CCN(C(=O)CN4CCCC4)CC3)cc2c1. The highest BCUT2D eigenvalue weighted by atomic mass is 16.2. The Morgan fingerprint density at radius 3 is 2.52 bits per heavy atom. The van der Waals surface area contributed by atoms with Crippen LogP contribution in [0.2, 0.25) is 0 Å². The first-order valence-electron chi connectivity index (χ1n) is 11.9. The number of imidazole rings is 1. The molecule has 0 radical (unpaired) electrons. The number of ketones is 1. The van der Waals surface area contributed by atoms with Crippen LogP contribution in [0.5, 0.6) is 0 Å². The fourth-order valence-electron chi connectivity index (χ4n) is 5.08. The van der Waals surface area contributed by atoms with Crippen molar-refractivity contribution in [2.45, 2.75) is 32.1 Å². The van der Waals surface area contributed by atoms with Gasteiger partial charge in [0.1, 0.15) is 5.78 Å². The molecule has 0 saturated carbocycles. The van der Waals surface area contributed by atoms with E-state index in [2.05, 4.69) is 33.1 Å². The van der Waals surface area contributed by atoms with E-state index in [4.69, 9.17) is 0 Å². The third-order valence-electron chi connectivity index (χ3n) is 7.11. The number of amides is 1. The van der Waals surface area contributed by atoms with Crippen molar-refractivity contribution < 1.29 is 9.59 Å². The molecule has 2 aliphatic heterocycles. The van der Waals surface area contributed by atoms with Gasteiger partial charge in [0.15, 0.2) is 0 Å². The predicted molar refractivity (Wildman–Crippen MR) is 128 cm³/mol. The minimum Gasteiger partial charge on any atom is -0.342 e. The minimum atomic E-state index is 0.0131. The van der Waals surface area contributed by atoms with Crippen LogP contribution in [0.4, 0.5) is 0 Å². The Morgan fingerprint density at radius 2 is 1.79 bits per heavy atom. The van der Waals surface area contributed by atoms with Crippen LogP contribution in [0.15, 0.2) is 43.0 Å². The van der Waals surface area contributed by atoms with Gasteiger partial charge >= 0.3 is 0 Å². The Hall–Kier alpha value is -3.06. The molecule has 7 nitrogen and oxygen atoms in total. The van der Waals surface area contributed by atoms with Crippen LogP contribution in [-0.2, 0) is 23.1 Å². The summed E-state index contributed by atoms with van der Waals surface area (Å²) in [6.07, 6.45) is 9.74. The maximum Gasteiger partial charge on any atom is 0.236 e. The molecule has 2 saturated heterocycles. The minimum absolute atomic E-state index is 0.0131. The molecular weight excluding hydrogens is 414 g/mol. The lowest BCUT2D eigenvalue weighted by molar-refractivity contribution is -0.135. The number of carbonyl (C=O) groups excluding carboxylic acids is 2. The number of carbonyl (C=O) groups is 2. The maximum atomic E-state index is 13.0. The number of Topliss-reactive ketones (excluding diaryl/α,β-unsaturated/α-hetero) is 1. The molecule has 2 aliphatic rings. The molecule has 0 N–H and O–H groups in total. The van der Waals surface area contributed by atoms with Crippen LogP contribution < -0.4 is 0 Å². The van der Waals surface area contributed by atoms with Crippen molar-refractivity contribution in [1.82, 2.24) is 24.3 Å². The summed E-state index contributed by atoms with van der Waals surface area (Å²) in [4.78, 5) is 38.5. The largest absolute Gasteiger partial charge is 0.342 e. The van der Waals surface area contributed by atoms with E-state index in [1.54, 1.807) is 6.33 Å². The van der Waals surface area contributed by atoms with E-state index in [9.17, 15) is 9.59 Å². The molecule has 4 heterocycles. The van der Waals surface area contributed by atoms with Crippen molar-refractivity contribution in [1.29, 1.82) is 0 Å². The van der Waals surface area contributed by atoms with E-state index in [0.717, 1.165) is 53.7 Å². The normalized spacial score (nSPS) is 17.7. The topological polar surface area (TPSA) is 71.3 Å². The van der Waals surface area contributed by atoms with Gasteiger partial charge in [-0.05, 0) is 56.3 Å². The average molecular weight is 446 g/mol. The Bertz CT molecular complexity index is 1160. The van der Waals surface area contributed by atoms with Gasteiger partial charge < -0.3 is 9.47 Å². The number of likely N-dealkylation sites (tertiary alicyclic amines) is 2. The third-order valence-corrected chi connectivity index (χ3v) is 7.11. The number of piperidine rings is 1. The zero-order valence-electron chi connectivity index (χ0n) is 19.2. The first-order chi connectivity index (χ1) is 16.1. The molecule has 2 fully saturated rings. The summed E-state index contributed by atoms with van der Waals surface area (Å²) in [6.45, 7) is 3.96. The molecule has 1 aromatic carbocycles. The van der Waals surface area contributed by atoms with Gasteiger partial charge in [-0.1, -0.05) is 12.1 Å². The monoisotopic (exact) mass is 445 g/mol. The summed E-state index contributed by atoms with van der Waals surface area (Å²) in [5, 5.41) is 2.13. The Balaban J connectivity index is 1.20. The van der Waals surface area contributed by atoms with E-state index in [0.29, 0.717) is 26.1 Å². The second kappa shape index (κ2) is 9.43. The number of aromatic nitrogens is 3. The van der Waals surface area contributed by atoms with Crippen LogP contribution in [-0.4, -0.2) is 68.7 Å². The Kier molecular flexibility index (Phi) is 6.22. The molecule has 0 aliphatic carbocycles. The third kappa shape index (κ3) is 4.83. The molecule has 0 unspecified atom stereocenters. The standard InChI is InChI=1S/C26H31N5O2/c1-29-18-27-16-24(29)20-4-5-21-15-28-23(13-22(21)12-20)14-25(32)19-6-10-31(11-7-19)26(33)17-30-8-2-3-9-30/h4-5,12-13,15-16,18-19H,2-3,6-11,14,17H2,1H3. The molecular formula is C26H31N5O2. The van der Waals surface area contributed by atoms with Crippen molar-refractivity contribution >= 4 is 22.5 Å². The van der Waals surface area contributed by atoms with Gasteiger partial charge in [0.25, 0.3) is 0 Å². The van der Waals surface area contributed by atoms with Gasteiger partial charge in [0.05, 0.1) is 24.8 Å². The number of rotatable bonds is 6. The van der Waals surface area contributed by atoms with Crippen molar-refractivity contribution in [3.05, 3.63) is 48.7 Å². The van der Waals surface area contributed by atoms with Crippen molar-refractivity contribution in [2.75, 3.05) is 32.7 Å². The quantitative estimate of drug-likeness (QED) is 0.583. The molecule has 1 amide bonds. The second-order valence-corrected chi connectivity index (χ2v) is 9.41. The molecule has 33 heavy (non-hydrogen) atoms. The highest BCUT2D eigenvalue weighted by Gasteiger charge is 2.28. The number of hydrogen-bond donors (Lipinski definition) is 0. The van der Waals surface area contributed by atoms with Crippen LogP contribution >= 0.6 is 0 Å². The van der Waals surface area contributed by atoms with E-state index in [1.165, 1.54) is 12.8 Å². The van der Waals surface area contributed by atoms with E-state index in [1.807, 2.05) is 35.0 Å². The summed E-state index contributed by atoms with van der Waals surface area (Å²) >= 11 is 0. The molecule has 0 bridgehead atoms. The number of hydrogen-bond acceptors (Lipinski definition) is 5. The van der Waals surface area contributed by atoms with Gasteiger partial charge in [0.2, 0.25) is 5.91 Å². The first-order valence-corrected chi connectivity index (χ1v) is 11.9. The number of nitrogens with zero attached hydrogens (tertiary/aromatic N) is 5. The van der Waals surface area contributed by atoms with Crippen molar-refractivity contribution in [3.8, 4) is 11.3 Å². The summed E-state index contributed by atoms with van der Waals surface area (Å²) in [5.74, 6) is 0.457. The van der Waals surface area contributed by atoms with Crippen LogP contribution in [0, 0.1) is 5.92 Å². The number of fused-ring (bicyclic) bond motifs is 1. The van der Waals surface area contributed by atoms with Crippen molar-refractivity contribution in [2.24, 2.45) is 13.0 Å².